The van der Waals surface area contributed by atoms with E-state index in [0.717, 1.165) is 6.42 Å². The zero-order valence-corrected chi connectivity index (χ0v) is 10.3. The zero-order valence-electron chi connectivity index (χ0n) is 10.3. The molecule has 14 heavy (non-hydrogen) atoms. The van der Waals surface area contributed by atoms with Crippen molar-refractivity contribution in [1.29, 1.82) is 0 Å². The molecular formula is C13H28O. The maximum absolute atomic E-state index is 8.88. The smallest absolute Gasteiger partial charge is 0.0431 e. The molecule has 1 N–H and O–H groups in total. The number of aliphatic hydroxyl groups is 1. The molecule has 1 heteroatoms. The molecule has 0 aromatic carbocycles. The third-order valence-corrected chi connectivity index (χ3v) is 3.21. The van der Waals surface area contributed by atoms with Crippen molar-refractivity contribution in [1.82, 2.24) is 0 Å². The number of rotatable bonds is 9. The summed E-state index contributed by atoms with van der Waals surface area (Å²) in [5, 5.41) is 8.88. The second-order valence-corrected chi connectivity index (χ2v) is 4.84. The van der Waals surface area contributed by atoms with Gasteiger partial charge >= 0.3 is 0 Å². The summed E-state index contributed by atoms with van der Waals surface area (Å²) in [5.74, 6) is 0. The second-order valence-electron chi connectivity index (χ2n) is 4.84. The zero-order chi connectivity index (χ0) is 10.9. The Morgan fingerprint density at radius 3 is 1.64 bits per heavy atom. The summed E-state index contributed by atoms with van der Waals surface area (Å²) in [6.07, 6.45) is 10.1. The summed E-state index contributed by atoms with van der Waals surface area (Å²) >= 11 is 0. The molecule has 0 saturated heterocycles. The van der Waals surface area contributed by atoms with Gasteiger partial charge in [0.15, 0.2) is 0 Å². The third kappa shape index (κ3) is 6.42. The lowest BCUT2D eigenvalue weighted by Crippen LogP contribution is -2.17. The summed E-state index contributed by atoms with van der Waals surface area (Å²) in [4.78, 5) is 0. The molecule has 0 spiro atoms. The van der Waals surface area contributed by atoms with Crippen LogP contribution in [0.2, 0.25) is 0 Å². The minimum Gasteiger partial charge on any atom is -0.396 e. The van der Waals surface area contributed by atoms with Crippen LogP contribution >= 0.6 is 0 Å². The molecule has 0 aliphatic heterocycles. The summed E-state index contributed by atoms with van der Waals surface area (Å²) in [5.41, 5.74) is 0.495. The van der Waals surface area contributed by atoms with Crippen LogP contribution in [0.3, 0.4) is 0 Å². The van der Waals surface area contributed by atoms with Crippen LogP contribution < -0.4 is 0 Å². The van der Waals surface area contributed by atoms with Crippen LogP contribution in [-0.4, -0.2) is 11.7 Å². The lowest BCUT2D eigenvalue weighted by Gasteiger charge is -2.29. The Bertz CT molecular complexity index is 98.6. The van der Waals surface area contributed by atoms with Crippen molar-refractivity contribution in [2.75, 3.05) is 6.61 Å². The van der Waals surface area contributed by atoms with E-state index >= 15 is 0 Å². The van der Waals surface area contributed by atoms with Gasteiger partial charge in [-0.1, -0.05) is 46.5 Å². The fourth-order valence-electron chi connectivity index (χ4n) is 2.09. The maximum atomic E-state index is 8.88. The number of hydrogen-bond acceptors (Lipinski definition) is 1. The van der Waals surface area contributed by atoms with Gasteiger partial charge < -0.3 is 5.11 Å². The Hall–Kier alpha value is -0.0400. The van der Waals surface area contributed by atoms with Gasteiger partial charge in [0.2, 0.25) is 0 Å². The SMILES string of the molecule is CCCCC(C)(CCCC)CCCO. The van der Waals surface area contributed by atoms with E-state index in [-0.39, 0.29) is 0 Å². The average Bonchev–Trinajstić information content (AvgIpc) is 2.21. The van der Waals surface area contributed by atoms with Crippen LogP contribution in [0.1, 0.15) is 72.1 Å². The molecule has 0 atom stereocenters. The van der Waals surface area contributed by atoms with Crippen molar-refractivity contribution in [3.05, 3.63) is 0 Å². The standard InChI is InChI=1S/C13H28O/c1-4-6-9-13(3,10-7-5-2)11-8-12-14/h14H,4-12H2,1-3H3. The van der Waals surface area contributed by atoms with E-state index in [2.05, 4.69) is 20.8 Å². The van der Waals surface area contributed by atoms with Gasteiger partial charge in [0.05, 0.1) is 0 Å². The highest BCUT2D eigenvalue weighted by Crippen LogP contribution is 2.35. The van der Waals surface area contributed by atoms with E-state index in [1.807, 2.05) is 0 Å². The molecule has 86 valence electrons. The Morgan fingerprint density at radius 2 is 1.29 bits per heavy atom. The Balaban J connectivity index is 3.89. The molecule has 0 aromatic heterocycles. The molecule has 0 fully saturated rings. The van der Waals surface area contributed by atoms with Crippen molar-refractivity contribution < 1.29 is 5.11 Å². The summed E-state index contributed by atoms with van der Waals surface area (Å²) < 4.78 is 0. The van der Waals surface area contributed by atoms with Gasteiger partial charge in [0, 0.05) is 6.61 Å². The van der Waals surface area contributed by atoms with Gasteiger partial charge in [-0.05, 0) is 31.1 Å². The molecule has 0 rings (SSSR count). The van der Waals surface area contributed by atoms with E-state index in [9.17, 15) is 0 Å². The van der Waals surface area contributed by atoms with Crippen molar-refractivity contribution in [2.45, 2.75) is 72.1 Å². The van der Waals surface area contributed by atoms with Crippen LogP contribution in [0.25, 0.3) is 0 Å². The van der Waals surface area contributed by atoms with Crippen LogP contribution in [0.15, 0.2) is 0 Å². The van der Waals surface area contributed by atoms with Gasteiger partial charge in [0.1, 0.15) is 0 Å². The topological polar surface area (TPSA) is 20.2 Å². The highest BCUT2D eigenvalue weighted by Gasteiger charge is 2.21. The number of hydrogen-bond donors (Lipinski definition) is 1. The van der Waals surface area contributed by atoms with Crippen molar-refractivity contribution in [3.63, 3.8) is 0 Å². The molecule has 0 radical (unpaired) electrons. The first-order valence-electron chi connectivity index (χ1n) is 6.29. The van der Waals surface area contributed by atoms with Gasteiger partial charge in [-0.25, -0.2) is 0 Å². The van der Waals surface area contributed by atoms with Gasteiger partial charge in [-0.3, -0.25) is 0 Å². The first-order chi connectivity index (χ1) is 6.68. The number of aliphatic hydroxyl groups excluding tert-OH is 1. The Kier molecular flexibility index (Phi) is 8.26. The molecule has 0 saturated carbocycles. The molecule has 0 amide bonds. The fraction of sp³-hybridized carbons (Fsp3) is 1.00. The normalized spacial score (nSPS) is 12.0. The summed E-state index contributed by atoms with van der Waals surface area (Å²) in [7, 11) is 0. The van der Waals surface area contributed by atoms with E-state index < -0.39 is 0 Å². The first-order valence-corrected chi connectivity index (χ1v) is 6.29. The van der Waals surface area contributed by atoms with Crippen molar-refractivity contribution in [2.24, 2.45) is 5.41 Å². The van der Waals surface area contributed by atoms with Gasteiger partial charge in [0.25, 0.3) is 0 Å². The van der Waals surface area contributed by atoms with E-state index in [0.29, 0.717) is 12.0 Å². The molecule has 0 aromatic rings. The molecule has 1 nitrogen and oxygen atoms in total. The monoisotopic (exact) mass is 200 g/mol. The summed E-state index contributed by atoms with van der Waals surface area (Å²) in [6, 6.07) is 0. The minimum absolute atomic E-state index is 0.355. The van der Waals surface area contributed by atoms with Crippen LogP contribution in [0.4, 0.5) is 0 Å². The number of unbranched alkanes of at least 4 members (excludes halogenated alkanes) is 2. The first kappa shape index (κ1) is 14.0. The molecule has 0 aliphatic rings. The lowest BCUT2D eigenvalue weighted by atomic mass is 9.77. The largest absolute Gasteiger partial charge is 0.396 e. The van der Waals surface area contributed by atoms with Crippen LogP contribution in [0, 0.1) is 5.41 Å². The van der Waals surface area contributed by atoms with E-state index in [1.165, 1.54) is 44.9 Å². The fourth-order valence-corrected chi connectivity index (χ4v) is 2.09. The van der Waals surface area contributed by atoms with E-state index in [4.69, 9.17) is 5.11 Å². The van der Waals surface area contributed by atoms with Gasteiger partial charge in [-0.2, -0.15) is 0 Å². The van der Waals surface area contributed by atoms with Crippen LogP contribution in [-0.2, 0) is 0 Å². The molecule has 0 aliphatic carbocycles. The molecule has 0 heterocycles. The Labute approximate surface area is 89.9 Å². The predicted octanol–water partition coefficient (Wildman–Crippen LogP) is 4.15. The Morgan fingerprint density at radius 1 is 0.857 bits per heavy atom. The van der Waals surface area contributed by atoms with Crippen molar-refractivity contribution >= 4 is 0 Å². The second kappa shape index (κ2) is 8.28. The van der Waals surface area contributed by atoms with Crippen molar-refractivity contribution in [3.8, 4) is 0 Å². The highest BCUT2D eigenvalue weighted by molar-refractivity contribution is 4.74. The highest BCUT2D eigenvalue weighted by atomic mass is 16.2. The molecule has 0 unspecified atom stereocenters. The predicted molar refractivity (Wildman–Crippen MR) is 63.5 cm³/mol. The lowest BCUT2D eigenvalue weighted by molar-refractivity contribution is 0.196. The maximum Gasteiger partial charge on any atom is 0.0431 e. The van der Waals surface area contributed by atoms with Crippen LogP contribution in [0.5, 0.6) is 0 Å². The minimum atomic E-state index is 0.355. The van der Waals surface area contributed by atoms with Gasteiger partial charge in [-0.15, -0.1) is 0 Å². The summed E-state index contributed by atoms with van der Waals surface area (Å²) in [6.45, 7) is 7.26. The third-order valence-electron chi connectivity index (χ3n) is 3.21. The quantitative estimate of drug-likeness (QED) is 0.593. The van der Waals surface area contributed by atoms with E-state index in [1.54, 1.807) is 0 Å². The average molecular weight is 200 g/mol. The molecular weight excluding hydrogens is 172 g/mol. The molecule has 0 bridgehead atoms.